The molecule has 2 fully saturated rings. The zero-order valence-electron chi connectivity index (χ0n) is 17.6. The molecule has 0 atom stereocenters. The van der Waals surface area contributed by atoms with E-state index in [0.717, 1.165) is 31.4 Å². The lowest BCUT2D eigenvalue weighted by atomic mass is 9.93. The van der Waals surface area contributed by atoms with E-state index >= 15 is 0 Å². The second-order valence-electron chi connectivity index (χ2n) is 8.59. The molecule has 0 bridgehead atoms. The number of amides is 2. The van der Waals surface area contributed by atoms with Crippen LogP contribution in [0, 0.1) is 5.92 Å². The fourth-order valence-electron chi connectivity index (χ4n) is 4.70. The van der Waals surface area contributed by atoms with Gasteiger partial charge in [0.25, 0.3) is 5.91 Å². The molecular formula is C24H32N4O2. The summed E-state index contributed by atoms with van der Waals surface area (Å²) >= 11 is 0. The largest absolute Gasteiger partial charge is 0.353 e. The second kappa shape index (κ2) is 9.92. The van der Waals surface area contributed by atoms with Crippen LogP contribution in [-0.2, 0) is 4.79 Å². The number of carbonyl (C=O) groups is 2. The Balaban J connectivity index is 1.32. The summed E-state index contributed by atoms with van der Waals surface area (Å²) in [4.78, 5) is 31.9. The van der Waals surface area contributed by atoms with Gasteiger partial charge in [0, 0.05) is 37.4 Å². The normalized spacial score (nSPS) is 19.1. The maximum absolute atomic E-state index is 13.1. The van der Waals surface area contributed by atoms with Gasteiger partial charge in [0.05, 0.1) is 11.9 Å². The number of carbonyl (C=O) groups excluding carboxylic acids is 2. The van der Waals surface area contributed by atoms with E-state index in [1.165, 1.54) is 32.1 Å². The summed E-state index contributed by atoms with van der Waals surface area (Å²) in [5, 5.41) is 3.31. The van der Waals surface area contributed by atoms with Crippen molar-refractivity contribution in [1.29, 1.82) is 0 Å². The Morgan fingerprint density at radius 3 is 2.37 bits per heavy atom. The van der Waals surface area contributed by atoms with E-state index in [9.17, 15) is 9.59 Å². The predicted molar refractivity (Wildman–Crippen MR) is 116 cm³/mol. The first kappa shape index (κ1) is 20.6. The first-order valence-electron chi connectivity index (χ1n) is 11.4. The van der Waals surface area contributed by atoms with Gasteiger partial charge in [-0.05, 0) is 49.9 Å². The molecule has 0 radical (unpaired) electrons. The Hall–Kier alpha value is -2.63. The van der Waals surface area contributed by atoms with Crippen LogP contribution in [0.3, 0.4) is 0 Å². The SMILES string of the molecule is O=C(NC1CCCCCCC1)C1CCN(C(=O)c2cccn2-c2cccnc2)CC1. The quantitative estimate of drug-likeness (QED) is 0.833. The number of pyridine rings is 1. The van der Waals surface area contributed by atoms with E-state index < -0.39 is 0 Å². The first-order chi connectivity index (χ1) is 14.7. The highest BCUT2D eigenvalue weighted by atomic mass is 16.2. The molecule has 160 valence electrons. The zero-order chi connectivity index (χ0) is 20.8. The van der Waals surface area contributed by atoms with Gasteiger partial charge in [-0.1, -0.05) is 32.1 Å². The van der Waals surface area contributed by atoms with Gasteiger partial charge < -0.3 is 14.8 Å². The van der Waals surface area contributed by atoms with Gasteiger partial charge in [0.2, 0.25) is 5.91 Å². The van der Waals surface area contributed by atoms with Gasteiger partial charge in [-0.15, -0.1) is 0 Å². The Bertz CT molecular complexity index is 832. The molecule has 1 saturated carbocycles. The Morgan fingerprint density at radius 1 is 0.933 bits per heavy atom. The smallest absolute Gasteiger partial charge is 0.270 e. The Labute approximate surface area is 178 Å². The van der Waals surface area contributed by atoms with Crippen LogP contribution in [0.25, 0.3) is 5.69 Å². The van der Waals surface area contributed by atoms with Crippen molar-refractivity contribution in [2.75, 3.05) is 13.1 Å². The molecule has 1 N–H and O–H groups in total. The van der Waals surface area contributed by atoms with Gasteiger partial charge in [-0.25, -0.2) is 0 Å². The predicted octanol–water partition coefficient (Wildman–Crippen LogP) is 3.95. The molecule has 30 heavy (non-hydrogen) atoms. The molecule has 1 aliphatic heterocycles. The van der Waals surface area contributed by atoms with Gasteiger partial charge in [-0.2, -0.15) is 0 Å². The van der Waals surface area contributed by atoms with E-state index in [2.05, 4.69) is 10.3 Å². The number of piperidine rings is 1. The van der Waals surface area contributed by atoms with Crippen molar-refractivity contribution < 1.29 is 9.59 Å². The summed E-state index contributed by atoms with van der Waals surface area (Å²) in [5.74, 6) is 0.221. The molecule has 0 aromatic carbocycles. The molecule has 6 heteroatoms. The minimum atomic E-state index is 0.0164. The van der Waals surface area contributed by atoms with Crippen molar-refractivity contribution in [2.24, 2.45) is 5.92 Å². The second-order valence-corrected chi connectivity index (χ2v) is 8.59. The Kier molecular flexibility index (Phi) is 6.82. The van der Waals surface area contributed by atoms with Crippen molar-refractivity contribution in [3.63, 3.8) is 0 Å². The number of hydrogen-bond acceptors (Lipinski definition) is 3. The van der Waals surface area contributed by atoms with Crippen molar-refractivity contribution in [3.8, 4) is 5.69 Å². The summed E-state index contributed by atoms with van der Waals surface area (Å²) in [7, 11) is 0. The average molecular weight is 409 g/mol. The molecule has 1 saturated heterocycles. The fourth-order valence-corrected chi connectivity index (χ4v) is 4.70. The lowest BCUT2D eigenvalue weighted by Crippen LogP contribution is -2.45. The number of aromatic nitrogens is 2. The molecule has 2 aliphatic rings. The lowest BCUT2D eigenvalue weighted by molar-refractivity contribution is -0.127. The molecule has 4 rings (SSSR count). The summed E-state index contributed by atoms with van der Waals surface area (Å²) < 4.78 is 1.88. The highest BCUT2D eigenvalue weighted by Crippen LogP contribution is 2.22. The highest BCUT2D eigenvalue weighted by Gasteiger charge is 2.30. The number of nitrogens with one attached hydrogen (secondary N) is 1. The van der Waals surface area contributed by atoms with Crippen LogP contribution >= 0.6 is 0 Å². The van der Waals surface area contributed by atoms with E-state index in [4.69, 9.17) is 0 Å². The summed E-state index contributed by atoms with van der Waals surface area (Å²) in [6, 6.07) is 7.87. The summed E-state index contributed by atoms with van der Waals surface area (Å²) in [5.41, 5.74) is 1.51. The van der Waals surface area contributed by atoms with Crippen LogP contribution in [0.15, 0.2) is 42.9 Å². The van der Waals surface area contributed by atoms with Crippen LogP contribution in [0.1, 0.15) is 68.3 Å². The zero-order valence-corrected chi connectivity index (χ0v) is 17.6. The minimum Gasteiger partial charge on any atom is -0.353 e. The third kappa shape index (κ3) is 4.91. The van der Waals surface area contributed by atoms with Crippen LogP contribution in [0.4, 0.5) is 0 Å². The van der Waals surface area contributed by atoms with Crippen LogP contribution in [0.5, 0.6) is 0 Å². The van der Waals surface area contributed by atoms with E-state index in [0.29, 0.717) is 24.8 Å². The maximum Gasteiger partial charge on any atom is 0.270 e. The van der Waals surface area contributed by atoms with E-state index in [1.807, 2.05) is 39.9 Å². The van der Waals surface area contributed by atoms with Gasteiger partial charge in [0.1, 0.15) is 5.69 Å². The van der Waals surface area contributed by atoms with Crippen LogP contribution in [0.2, 0.25) is 0 Å². The number of rotatable bonds is 4. The average Bonchev–Trinajstić information content (AvgIpc) is 3.25. The van der Waals surface area contributed by atoms with E-state index in [1.54, 1.807) is 12.4 Å². The number of hydrogen-bond donors (Lipinski definition) is 1. The highest BCUT2D eigenvalue weighted by molar-refractivity contribution is 5.93. The van der Waals surface area contributed by atoms with Crippen molar-refractivity contribution in [2.45, 2.75) is 63.8 Å². The van der Waals surface area contributed by atoms with Crippen molar-refractivity contribution in [1.82, 2.24) is 19.8 Å². The molecule has 0 unspecified atom stereocenters. The molecule has 0 spiro atoms. The molecule has 2 aromatic heterocycles. The summed E-state index contributed by atoms with van der Waals surface area (Å²) in [6.07, 6.45) is 15.4. The molecule has 1 aliphatic carbocycles. The number of likely N-dealkylation sites (tertiary alicyclic amines) is 1. The third-order valence-electron chi connectivity index (χ3n) is 6.50. The van der Waals surface area contributed by atoms with Crippen LogP contribution in [-0.4, -0.2) is 45.4 Å². The first-order valence-corrected chi connectivity index (χ1v) is 11.4. The van der Waals surface area contributed by atoms with Crippen molar-refractivity contribution in [3.05, 3.63) is 48.5 Å². The topological polar surface area (TPSA) is 67.2 Å². The van der Waals surface area contributed by atoms with E-state index in [-0.39, 0.29) is 17.7 Å². The van der Waals surface area contributed by atoms with Gasteiger partial charge in [0.15, 0.2) is 0 Å². The lowest BCUT2D eigenvalue weighted by Gasteiger charge is -2.32. The molecular weight excluding hydrogens is 376 g/mol. The monoisotopic (exact) mass is 408 g/mol. The Morgan fingerprint density at radius 2 is 1.67 bits per heavy atom. The molecule has 3 heterocycles. The molecule has 2 aromatic rings. The minimum absolute atomic E-state index is 0.0164. The third-order valence-corrected chi connectivity index (χ3v) is 6.50. The van der Waals surface area contributed by atoms with Crippen molar-refractivity contribution >= 4 is 11.8 Å². The molecule has 6 nitrogen and oxygen atoms in total. The van der Waals surface area contributed by atoms with Gasteiger partial charge in [-0.3, -0.25) is 14.6 Å². The van der Waals surface area contributed by atoms with Gasteiger partial charge >= 0.3 is 0 Å². The van der Waals surface area contributed by atoms with Crippen LogP contribution < -0.4 is 5.32 Å². The maximum atomic E-state index is 13.1. The standard InChI is InChI=1S/C24H32N4O2/c29-23(26-20-8-4-2-1-3-5-9-20)19-12-16-27(17-13-19)24(30)22-11-7-15-28(22)21-10-6-14-25-18-21/h6-7,10-11,14-15,18-20H,1-5,8-9,12-13,16-17H2,(H,26,29). The summed E-state index contributed by atoms with van der Waals surface area (Å²) in [6.45, 7) is 1.25. The molecule has 2 amide bonds. The fraction of sp³-hybridized carbons (Fsp3) is 0.542. The number of nitrogens with zero attached hydrogens (tertiary/aromatic N) is 3.